The summed E-state index contributed by atoms with van der Waals surface area (Å²) in [7, 11) is 0. The van der Waals surface area contributed by atoms with Crippen molar-refractivity contribution >= 4 is 55.1 Å². The van der Waals surface area contributed by atoms with Gasteiger partial charge in [-0.15, -0.1) is 0 Å². The maximum absolute atomic E-state index is 6.04. The van der Waals surface area contributed by atoms with E-state index in [2.05, 4.69) is 36.8 Å². The van der Waals surface area contributed by atoms with Crippen LogP contribution in [-0.4, -0.2) is 51.0 Å². The molecule has 0 unspecified atom stereocenters. The Bertz CT molecular complexity index is 743. The van der Waals surface area contributed by atoms with Gasteiger partial charge in [-0.3, -0.25) is 4.90 Å². The second-order valence-electron chi connectivity index (χ2n) is 5.88. The van der Waals surface area contributed by atoms with Crippen molar-refractivity contribution in [3.8, 4) is 11.5 Å². The zero-order chi connectivity index (χ0) is 20.4. The molecule has 1 heterocycles. The third-order valence-corrected chi connectivity index (χ3v) is 5.47. The summed E-state index contributed by atoms with van der Waals surface area (Å²) in [5.41, 5.74) is 0. The van der Waals surface area contributed by atoms with E-state index >= 15 is 0 Å². The maximum Gasteiger partial charge on any atom is 0.139 e. The Labute approximate surface area is 193 Å². The predicted molar refractivity (Wildman–Crippen MR) is 122 cm³/mol. The number of benzene rings is 2. The van der Waals surface area contributed by atoms with Gasteiger partial charge in [-0.25, -0.2) is 0 Å². The average molecular weight is 556 g/mol. The molecular weight excluding hydrogens is 533 g/mol. The fourth-order valence-electron chi connectivity index (χ4n) is 2.44. The van der Waals surface area contributed by atoms with Crippen LogP contribution < -0.4 is 9.47 Å². The Morgan fingerprint density at radius 3 is 2.00 bits per heavy atom. The summed E-state index contributed by atoms with van der Waals surface area (Å²) in [5, 5.41) is 1.30. The molecule has 28 heavy (non-hydrogen) atoms. The zero-order valence-electron chi connectivity index (χ0n) is 15.6. The van der Waals surface area contributed by atoms with Crippen LogP contribution in [0.3, 0.4) is 0 Å². The molecule has 0 spiro atoms. The Balaban J connectivity index is 0.000000221. The lowest BCUT2D eigenvalue weighted by molar-refractivity contribution is 0.0322. The number of ether oxygens (including phenoxy) is 3. The van der Waals surface area contributed by atoms with Gasteiger partial charge in [-0.1, -0.05) is 55.1 Å². The number of hydrogen-bond acceptors (Lipinski definition) is 4. The van der Waals surface area contributed by atoms with E-state index in [-0.39, 0.29) is 0 Å². The number of nitrogens with zero attached hydrogens (tertiary/aromatic N) is 1. The highest BCUT2D eigenvalue weighted by Gasteiger charge is 2.10. The van der Waals surface area contributed by atoms with Gasteiger partial charge < -0.3 is 14.2 Å². The van der Waals surface area contributed by atoms with Gasteiger partial charge in [0, 0.05) is 28.6 Å². The SMILES string of the molecule is CCOc1cc(Br)ccc1Cl.Clc1ccc(Br)cc1OCCN1CCOCC1. The van der Waals surface area contributed by atoms with E-state index in [4.69, 9.17) is 37.4 Å². The summed E-state index contributed by atoms with van der Waals surface area (Å²) >= 11 is 18.6. The number of morpholine rings is 1. The van der Waals surface area contributed by atoms with Crippen LogP contribution in [0, 0.1) is 0 Å². The second kappa shape index (κ2) is 12.9. The third-order valence-electron chi connectivity index (χ3n) is 3.86. The van der Waals surface area contributed by atoms with Gasteiger partial charge in [0.2, 0.25) is 0 Å². The van der Waals surface area contributed by atoms with Gasteiger partial charge in [0.1, 0.15) is 18.1 Å². The monoisotopic (exact) mass is 553 g/mol. The lowest BCUT2D eigenvalue weighted by atomic mass is 10.3. The summed E-state index contributed by atoms with van der Waals surface area (Å²) in [6, 6.07) is 11.2. The molecule has 0 atom stereocenters. The Hall–Kier alpha value is -0.500. The zero-order valence-corrected chi connectivity index (χ0v) is 20.3. The minimum absolute atomic E-state index is 0.635. The van der Waals surface area contributed by atoms with Crippen molar-refractivity contribution in [1.29, 1.82) is 0 Å². The van der Waals surface area contributed by atoms with E-state index in [1.807, 2.05) is 37.3 Å². The van der Waals surface area contributed by atoms with Crippen LogP contribution in [0.1, 0.15) is 6.92 Å². The summed E-state index contributed by atoms with van der Waals surface area (Å²) < 4.78 is 18.2. The van der Waals surface area contributed by atoms with Crippen LogP contribution in [-0.2, 0) is 4.74 Å². The molecule has 0 N–H and O–H groups in total. The van der Waals surface area contributed by atoms with Crippen molar-refractivity contribution in [2.45, 2.75) is 6.92 Å². The van der Waals surface area contributed by atoms with Crippen LogP contribution >= 0.6 is 55.1 Å². The summed E-state index contributed by atoms with van der Waals surface area (Å²) in [6.07, 6.45) is 0. The van der Waals surface area contributed by atoms with Gasteiger partial charge in [-0.2, -0.15) is 0 Å². The highest BCUT2D eigenvalue weighted by Crippen LogP contribution is 2.28. The molecule has 0 aliphatic carbocycles. The molecule has 1 saturated heterocycles. The van der Waals surface area contributed by atoms with Gasteiger partial charge in [0.05, 0.1) is 29.9 Å². The molecule has 2 aromatic rings. The van der Waals surface area contributed by atoms with Crippen LogP contribution in [0.2, 0.25) is 10.0 Å². The molecule has 1 aliphatic rings. The first kappa shape index (κ1) is 23.8. The molecule has 154 valence electrons. The Morgan fingerprint density at radius 1 is 0.929 bits per heavy atom. The first-order valence-corrected chi connectivity index (χ1v) is 11.3. The molecular formula is C20H23Br2Cl2NO3. The molecule has 0 saturated carbocycles. The Kier molecular flexibility index (Phi) is 11.0. The normalized spacial score (nSPS) is 14.2. The van der Waals surface area contributed by atoms with Gasteiger partial charge in [-0.05, 0) is 43.3 Å². The molecule has 8 heteroatoms. The number of hydrogen-bond donors (Lipinski definition) is 0. The molecule has 4 nitrogen and oxygen atoms in total. The van der Waals surface area contributed by atoms with E-state index in [1.165, 1.54) is 0 Å². The molecule has 0 bridgehead atoms. The first-order chi connectivity index (χ1) is 13.5. The first-order valence-electron chi connectivity index (χ1n) is 8.95. The summed E-state index contributed by atoms with van der Waals surface area (Å²) in [6.45, 7) is 7.72. The summed E-state index contributed by atoms with van der Waals surface area (Å²) in [5.74, 6) is 1.46. The van der Waals surface area contributed by atoms with Gasteiger partial charge >= 0.3 is 0 Å². The van der Waals surface area contributed by atoms with Crippen molar-refractivity contribution in [3.63, 3.8) is 0 Å². The average Bonchev–Trinajstić information content (AvgIpc) is 2.69. The fraction of sp³-hybridized carbons (Fsp3) is 0.400. The summed E-state index contributed by atoms with van der Waals surface area (Å²) in [4.78, 5) is 2.33. The lowest BCUT2D eigenvalue weighted by Gasteiger charge is -2.26. The Morgan fingerprint density at radius 2 is 1.46 bits per heavy atom. The molecule has 0 aromatic heterocycles. The van der Waals surface area contributed by atoms with E-state index in [0.29, 0.717) is 23.3 Å². The van der Waals surface area contributed by atoms with E-state index < -0.39 is 0 Å². The molecule has 0 radical (unpaired) electrons. The van der Waals surface area contributed by atoms with Crippen LogP contribution in [0.15, 0.2) is 45.3 Å². The maximum atomic E-state index is 6.04. The van der Waals surface area contributed by atoms with Crippen molar-refractivity contribution in [2.24, 2.45) is 0 Å². The standard InChI is InChI=1S/C12H15BrClNO2.C8H8BrClO/c13-10-1-2-11(14)12(9-10)17-8-5-15-3-6-16-7-4-15;1-2-11-8-5-6(9)3-4-7(8)10/h1-2,9H,3-8H2;3-5H,2H2,1H3. The highest BCUT2D eigenvalue weighted by atomic mass is 79.9. The van der Waals surface area contributed by atoms with E-state index in [9.17, 15) is 0 Å². The van der Waals surface area contributed by atoms with Crippen LogP contribution in [0.25, 0.3) is 0 Å². The molecule has 3 rings (SSSR count). The topological polar surface area (TPSA) is 30.9 Å². The van der Waals surface area contributed by atoms with E-state index in [1.54, 1.807) is 6.07 Å². The smallest absolute Gasteiger partial charge is 0.139 e. The minimum atomic E-state index is 0.635. The number of rotatable bonds is 6. The second-order valence-corrected chi connectivity index (χ2v) is 8.53. The number of halogens is 4. The van der Waals surface area contributed by atoms with Crippen molar-refractivity contribution < 1.29 is 14.2 Å². The predicted octanol–water partition coefficient (Wildman–Crippen LogP) is 6.31. The molecule has 1 aliphatic heterocycles. The van der Waals surface area contributed by atoms with Crippen molar-refractivity contribution in [3.05, 3.63) is 55.4 Å². The third kappa shape index (κ3) is 8.47. The molecule has 2 aromatic carbocycles. The lowest BCUT2D eigenvalue weighted by Crippen LogP contribution is -2.38. The van der Waals surface area contributed by atoms with Crippen LogP contribution in [0.4, 0.5) is 0 Å². The van der Waals surface area contributed by atoms with Crippen molar-refractivity contribution in [1.82, 2.24) is 4.90 Å². The van der Waals surface area contributed by atoms with Gasteiger partial charge in [0.25, 0.3) is 0 Å². The van der Waals surface area contributed by atoms with Gasteiger partial charge in [0.15, 0.2) is 0 Å². The largest absolute Gasteiger partial charge is 0.492 e. The van der Waals surface area contributed by atoms with Crippen molar-refractivity contribution in [2.75, 3.05) is 46.1 Å². The van der Waals surface area contributed by atoms with Crippen LogP contribution in [0.5, 0.6) is 11.5 Å². The minimum Gasteiger partial charge on any atom is -0.492 e. The fourth-order valence-corrected chi connectivity index (χ4v) is 3.46. The highest BCUT2D eigenvalue weighted by molar-refractivity contribution is 9.10. The van der Waals surface area contributed by atoms with E-state index in [0.717, 1.165) is 53.3 Å². The molecule has 0 amide bonds. The quantitative estimate of drug-likeness (QED) is 0.418. The molecule has 1 fully saturated rings.